The third-order valence-electron chi connectivity index (χ3n) is 3.00. The molecular formula is C10H12N6O2S. The van der Waals surface area contributed by atoms with E-state index in [1.54, 1.807) is 6.20 Å². The lowest BCUT2D eigenvalue weighted by Crippen LogP contribution is -2.38. The molecule has 3 rings (SSSR count). The Morgan fingerprint density at radius 2 is 1.89 bits per heavy atom. The number of rotatable bonds is 2. The van der Waals surface area contributed by atoms with Crippen molar-refractivity contribution in [3.8, 4) is 0 Å². The number of nitrogen functional groups attached to an aromatic ring is 1. The van der Waals surface area contributed by atoms with E-state index in [0.717, 1.165) is 5.82 Å². The molecule has 0 saturated carbocycles. The summed E-state index contributed by atoms with van der Waals surface area (Å²) in [5, 5.41) is 0. The Balaban J connectivity index is 1.92. The number of nitrogens with zero attached hydrogens (tertiary/aromatic N) is 5. The summed E-state index contributed by atoms with van der Waals surface area (Å²) in [5.41, 5.74) is 5.35. The van der Waals surface area contributed by atoms with Crippen molar-refractivity contribution < 1.29 is 8.42 Å². The van der Waals surface area contributed by atoms with Gasteiger partial charge in [-0.3, -0.25) is 0 Å². The molecule has 0 radical (unpaired) electrons. The Hall–Kier alpha value is -2.00. The van der Waals surface area contributed by atoms with E-state index < -0.39 is 10.0 Å². The van der Waals surface area contributed by atoms with E-state index in [-0.39, 0.29) is 17.4 Å². The first-order chi connectivity index (χ1) is 9.07. The zero-order valence-corrected chi connectivity index (χ0v) is 10.8. The van der Waals surface area contributed by atoms with E-state index in [1.807, 2.05) is 10.8 Å². The molecule has 19 heavy (non-hydrogen) atoms. The maximum Gasteiger partial charge on any atom is 0.246 e. The van der Waals surface area contributed by atoms with Crippen LogP contribution in [0, 0.1) is 0 Å². The molecule has 8 nitrogen and oxygen atoms in total. The van der Waals surface area contributed by atoms with E-state index in [9.17, 15) is 8.42 Å². The smallest absolute Gasteiger partial charge is 0.246 e. The average Bonchev–Trinajstić information content (AvgIpc) is 2.86. The Kier molecular flexibility index (Phi) is 2.72. The molecule has 100 valence electrons. The summed E-state index contributed by atoms with van der Waals surface area (Å²) >= 11 is 0. The molecular weight excluding hydrogens is 268 g/mol. The maximum absolute atomic E-state index is 12.4. The number of fused-ring (bicyclic) bond motifs is 1. The summed E-state index contributed by atoms with van der Waals surface area (Å²) in [6.07, 6.45) is 5.95. The first-order valence-corrected chi connectivity index (χ1v) is 7.09. The van der Waals surface area contributed by atoms with Crippen LogP contribution in [0.15, 0.2) is 29.7 Å². The molecule has 0 atom stereocenters. The van der Waals surface area contributed by atoms with Gasteiger partial charge in [-0.1, -0.05) is 0 Å². The molecule has 1 aliphatic rings. The number of sulfonamides is 1. The molecule has 0 saturated heterocycles. The van der Waals surface area contributed by atoms with Gasteiger partial charge in [0.25, 0.3) is 0 Å². The number of aromatic nitrogens is 4. The van der Waals surface area contributed by atoms with E-state index in [1.165, 1.54) is 16.7 Å². The number of hydrogen-bond donors (Lipinski definition) is 1. The Labute approximate surface area is 110 Å². The molecule has 0 fully saturated rings. The molecule has 0 amide bonds. The number of hydrogen-bond acceptors (Lipinski definition) is 6. The van der Waals surface area contributed by atoms with Gasteiger partial charge in [0.05, 0.1) is 18.9 Å². The van der Waals surface area contributed by atoms with Crippen molar-refractivity contribution >= 4 is 16.0 Å². The summed E-state index contributed by atoms with van der Waals surface area (Å²) in [6, 6.07) is 0. The van der Waals surface area contributed by atoms with Gasteiger partial charge in [-0.05, 0) is 0 Å². The minimum absolute atomic E-state index is 0.0432. The first-order valence-electron chi connectivity index (χ1n) is 5.65. The average molecular weight is 280 g/mol. The molecule has 0 aromatic carbocycles. The topological polar surface area (TPSA) is 107 Å². The summed E-state index contributed by atoms with van der Waals surface area (Å²) in [6.45, 7) is 1.24. The third-order valence-corrected chi connectivity index (χ3v) is 4.79. The fourth-order valence-electron chi connectivity index (χ4n) is 1.96. The number of nitrogens with two attached hydrogens (primary N) is 1. The summed E-state index contributed by atoms with van der Waals surface area (Å²) in [4.78, 5) is 11.6. The van der Waals surface area contributed by atoms with Gasteiger partial charge in [-0.2, -0.15) is 4.31 Å². The van der Waals surface area contributed by atoms with E-state index in [2.05, 4.69) is 15.0 Å². The normalized spacial score (nSPS) is 16.2. The van der Waals surface area contributed by atoms with Crippen LogP contribution in [-0.4, -0.2) is 38.8 Å². The van der Waals surface area contributed by atoms with Crippen molar-refractivity contribution in [1.82, 2.24) is 23.8 Å². The highest BCUT2D eigenvalue weighted by atomic mass is 32.2. The third kappa shape index (κ3) is 2.06. The molecule has 1 aliphatic heterocycles. The van der Waals surface area contributed by atoms with E-state index in [0.29, 0.717) is 13.1 Å². The van der Waals surface area contributed by atoms with Crippen LogP contribution in [0.2, 0.25) is 0 Å². The summed E-state index contributed by atoms with van der Waals surface area (Å²) in [7, 11) is -3.60. The van der Waals surface area contributed by atoms with Crippen molar-refractivity contribution in [2.75, 3.05) is 12.3 Å². The predicted molar refractivity (Wildman–Crippen MR) is 66.3 cm³/mol. The lowest BCUT2D eigenvalue weighted by atomic mass is 10.4. The van der Waals surface area contributed by atoms with Gasteiger partial charge in [0.1, 0.15) is 10.7 Å². The Morgan fingerprint density at radius 1 is 1.16 bits per heavy atom. The van der Waals surface area contributed by atoms with Crippen molar-refractivity contribution in [1.29, 1.82) is 0 Å². The van der Waals surface area contributed by atoms with Crippen LogP contribution in [0.3, 0.4) is 0 Å². The van der Waals surface area contributed by atoms with Crippen LogP contribution in [0.5, 0.6) is 0 Å². The van der Waals surface area contributed by atoms with Crippen LogP contribution >= 0.6 is 0 Å². The van der Waals surface area contributed by atoms with Gasteiger partial charge < -0.3 is 10.3 Å². The zero-order valence-electron chi connectivity index (χ0n) is 9.97. The largest absolute Gasteiger partial charge is 0.368 e. The Bertz CT molecular complexity index is 693. The lowest BCUT2D eigenvalue weighted by molar-refractivity contribution is 0.335. The van der Waals surface area contributed by atoms with Gasteiger partial charge in [-0.25, -0.2) is 23.4 Å². The monoisotopic (exact) mass is 280 g/mol. The quantitative estimate of drug-likeness (QED) is 0.791. The minimum atomic E-state index is -3.60. The number of anilines is 1. The maximum atomic E-state index is 12.4. The van der Waals surface area contributed by atoms with Crippen LogP contribution in [0.25, 0.3) is 0 Å². The van der Waals surface area contributed by atoms with Crippen LogP contribution in [0.4, 0.5) is 5.95 Å². The van der Waals surface area contributed by atoms with Gasteiger partial charge >= 0.3 is 0 Å². The molecule has 0 bridgehead atoms. The van der Waals surface area contributed by atoms with Crippen molar-refractivity contribution in [3.05, 3.63) is 30.6 Å². The van der Waals surface area contributed by atoms with Gasteiger partial charge in [0.2, 0.25) is 16.0 Å². The molecule has 0 aliphatic carbocycles. The van der Waals surface area contributed by atoms with E-state index in [4.69, 9.17) is 5.73 Å². The van der Waals surface area contributed by atoms with Gasteiger partial charge in [0, 0.05) is 25.5 Å². The molecule has 0 spiro atoms. The van der Waals surface area contributed by atoms with Gasteiger partial charge in [0.15, 0.2) is 0 Å². The lowest BCUT2D eigenvalue weighted by Gasteiger charge is -2.26. The second kappa shape index (κ2) is 4.28. The highest BCUT2D eigenvalue weighted by Gasteiger charge is 2.29. The highest BCUT2D eigenvalue weighted by molar-refractivity contribution is 7.89. The van der Waals surface area contributed by atoms with Gasteiger partial charge in [-0.15, -0.1) is 0 Å². The molecule has 0 unspecified atom stereocenters. The van der Waals surface area contributed by atoms with Crippen LogP contribution in [-0.2, 0) is 23.1 Å². The SMILES string of the molecule is Nc1ncc(S(=O)(=O)N2CCn3ccnc3C2)cn1. The molecule has 2 aromatic rings. The van der Waals surface area contributed by atoms with Crippen molar-refractivity contribution in [3.63, 3.8) is 0 Å². The minimum Gasteiger partial charge on any atom is -0.368 e. The molecule has 3 heterocycles. The predicted octanol–water partition coefficient (Wildman–Crippen LogP) is -0.540. The second-order valence-electron chi connectivity index (χ2n) is 4.15. The van der Waals surface area contributed by atoms with Crippen molar-refractivity contribution in [2.45, 2.75) is 18.0 Å². The summed E-state index contributed by atoms with van der Waals surface area (Å²) < 4.78 is 28.1. The fraction of sp³-hybridized carbons (Fsp3) is 0.300. The first kappa shape index (κ1) is 12.1. The fourth-order valence-corrected chi connectivity index (χ4v) is 3.24. The standard InChI is InChI=1S/C10H12N6O2S/c11-10-13-5-8(6-14-10)19(17,18)16-4-3-15-2-1-12-9(15)7-16/h1-2,5-6H,3-4,7H2,(H2,11,13,14). The zero-order chi connectivity index (χ0) is 13.5. The second-order valence-corrected chi connectivity index (χ2v) is 6.09. The molecule has 2 N–H and O–H groups in total. The molecule has 9 heteroatoms. The van der Waals surface area contributed by atoms with E-state index >= 15 is 0 Å². The van der Waals surface area contributed by atoms with Crippen LogP contribution in [0.1, 0.15) is 5.82 Å². The Morgan fingerprint density at radius 3 is 2.63 bits per heavy atom. The molecule has 2 aromatic heterocycles. The summed E-state index contributed by atoms with van der Waals surface area (Å²) in [5.74, 6) is 0.777. The number of imidazole rings is 1. The highest BCUT2D eigenvalue weighted by Crippen LogP contribution is 2.19. The van der Waals surface area contributed by atoms with Crippen molar-refractivity contribution in [2.24, 2.45) is 0 Å². The van der Waals surface area contributed by atoms with Crippen LogP contribution < -0.4 is 5.73 Å².